The first-order chi connectivity index (χ1) is 15.8. The van der Waals surface area contributed by atoms with Crippen molar-refractivity contribution in [2.75, 3.05) is 5.32 Å². The summed E-state index contributed by atoms with van der Waals surface area (Å²) in [5.74, 6) is -0.745. The van der Waals surface area contributed by atoms with Gasteiger partial charge in [0.15, 0.2) is 0 Å². The van der Waals surface area contributed by atoms with Gasteiger partial charge < -0.3 is 11.1 Å². The number of aromatic nitrogens is 4. The van der Waals surface area contributed by atoms with E-state index < -0.39 is 11.8 Å². The number of aryl methyl sites for hydroxylation is 2. The van der Waals surface area contributed by atoms with Gasteiger partial charge in [-0.15, -0.1) is 0 Å². The van der Waals surface area contributed by atoms with Crippen molar-refractivity contribution in [2.24, 2.45) is 5.73 Å². The first kappa shape index (κ1) is 21.7. The Bertz CT molecular complexity index is 1390. The number of benzene rings is 2. The molecule has 0 spiro atoms. The van der Waals surface area contributed by atoms with E-state index in [1.54, 1.807) is 16.8 Å². The molecular formula is C24H22N6O3. The van der Waals surface area contributed by atoms with Gasteiger partial charge in [-0.25, -0.2) is 9.67 Å². The molecule has 3 N–H and O–H groups in total. The van der Waals surface area contributed by atoms with E-state index in [2.05, 4.69) is 15.4 Å². The van der Waals surface area contributed by atoms with Gasteiger partial charge in [-0.05, 0) is 44.2 Å². The van der Waals surface area contributed by atoms with E-state index in [1.807, 2.05) is 50.2 Å². The minimum absolute atomic E-state index is 0.242. The lowest BCUT2D eigenvalue weighted by molar-refractivity contribution is -0.116. The molecule has 0 aliphatic rings. The number of hydrogen-bond acceptors (Lipinski definition) is 5. The zero-order chi connectivity index (χ0) is 23.5. The van der Waals surface area contributed by atoms with E-state index in [0.717, 1.165) is 17.0 Å². The van der Waals surface area contributed by atoms with E-state index in [1.165, 1.54) is 22.8 Å². The summed E-state index contributed by atoms with van der Waals surface area (Å²) < 4.78 is 2.83. The van der Waals surface area contributed by atoms with Crippen LogP contribution in [0.5, 0.6) is 0 Å². The summed E-state index contributed by atoms with van der Waals surface area (Å²) in [7, 11) is 0. The van der Waals surface area contributed by atoms with Crippen LogP contribution in [-0.2, 0) is 11.3 Å². The fraction of sp³-hybridized carbons (Fsp3) is 0.125. The predicted octanol–water partition coefficient (Wildman–Crippen LogP) is 2.45. The summed E-state index contributed by atoms with van der Waals surface area (Å²) in [6.07, 6.45) is 0. The highest BCUT2D eigenvalue weighted by Gasteiger charge is 2.17. The van der Waals surface area contributed by atoms with Crippen LogP contribution < -0.4 is 16.6 Å². The van der Waals surface area contributed by atoms with Gasteiger partial charge in [0.1, 0.15) is 6.54 Å². The van der Waals surface area contributed by atoms with Gasteiger partial charge in [-0.2, -0.15) is 5.10 Å². The van der Waals surface area contributed by atoms with Crippen molar-refractivity contribution >= 4 is 17.5 Å². The van der Waals surface area contributed by atoms with E-state index in [9.17, 15) is 14.4 Å². The van der Waals surface area contributed by atoms with E-state index in [0.29, 0.717) is 16.9 Å². The molecular weight excluding hydrogens is 420 g/mol. The van der Waals surface area contributed by atoms with E-state index in [-0.39, 0.29) is 18.1 Å². The van der Waals surface area contributed by atoms with Gasteiger partial charge in [0.25, 0.3) is 5.56 Å². The molecule has 0 aliphatic carbocycles. The molecule has 2 aromatic carbocycles. The standard InChI is InChI=1S/C24H22N6O3/c1-15-12-16(2)30(28-15)24-27-20(17-6-4-3-5-7-17)13-22(32)29(24)14-21(31)26-19-10-8-18(9-11-19)23(25)33/h3-13H,14H2,1-2H3,(H2,25,33)(H,26,31). The van der Waals surface area contributed by atoms with Crippen molar-refractivity contribution in [1.29, 1.82) is 0 Å². The first-order valence-corrected chi connectivity index (χ1v) is 10.2. The van der Waals surface area contributed by atoms with Crippen LogP contribution in [-0.4, -0.2) is 31.1 Å². The largest absolute Gasteiger partial charge is 0.366 e. The topological polar surface area (TPSA) is 125 Å². The van der Waals surface area contributed by atoms with Crippen molar-refractivity contribution in [3.05, 3.63) is 94.0 Å². The summed E-state index contributed by atoms with van der Waals surface area (Å²) in [5.41, 5.74) is 8.47. The van der Waals surface area contributed by atoms with Crippen LogP contribution in [0, 0.1) is 13.8 Å². The molecule has 166 valence electrons. The number of anilines is 1. The Morgan fingerprint density at radius 1 is 1.00 bits per heavy atom. The molecule has 9 heteroatoms. The summed E-state index contributed by atoms with van der Waals surface area (Å²) >= 11 is 0. The van der Waals surface area contributed by atoms with Crippen LogP contribution in [0.15, 0.2) is 71.5 Å². The fourth-order valence-electron chi connectivity index (χ4n) is 3.45. The van der Waals surface area contributed by atoms with Gasteiger partial charge in [-0.1, -0.05) is 30.3 Å². The maximum Gasteiger partial charge on any atom is 0.256 e. The number of hydrogen-bond donors (Lipinski definition) is 2. The molecule has 0 atom stereocenters. The number of nitrogens with zero attached hydrogens (tertiary/aromatic N) is 4. The molecule has 33 heavy (non-hydrogen) atoms. The molecule has 2 heterocycles. The second-order valence-corrected chi connectivity index (χ2v) is 7.56. The monoisotopic (exact) mass is 442 g/mol. The van der Waals surface area contributed by atoms with Crippen molar-refractivity contribution in [3.63, 3.8) is 0 Å². The number of nitrogens with two attached hydrogens (primary N) is 1. The average molecular weight is 442 g/mol. The molecule has 4 rings (SSSR count). The molecule has 2 aromatic heterocycles. The molecule has 0 saturated heterocycles. The Balaban J connectivity index is 1.71. The lowest BCUT2D eigenvalue weighted by Gasteiger charge is -2.15. The lowest BCUT2D eigenvalue weighted by atomic mass is 10.1. The van der Waals surface area contributed by atoms with Crippen molar-refractivity contribution in [2.45, 2.75) is 20.4 Å². The first-order valence-electron chi connectivity index (χ1n) is 10.2. The van der Waals surface area contributed by atoms with Crippen LogP contribution in [0.3, 0.4) is 0 Å². The Hall–Kier alpha value is -4.53. The van der Waals surface area contributed by atoms with Crippen molar-refractivity contribution < 1.29 is 9.59 Å². The fourth-order valence-corrected chi connectivity index (χ4v) is 3.45. The van der Waals surface area contributed by atoms with E-state index >= 15 is 0 Å². The third kappa shape index (κ3) is 4.72. The van der Waals surface area contributed by atoms with Crippen LogP contribution in [0.2, 0.25) is 0 Å². The zero-order valence-corrected chi connectivity index (χ0v) is 18.1. The van der Waals surface area contributed by atoms with E-state index in [4.69, 9.17) is 5.73 Å². The molecule has 2 amide bonds. The zero-order valence-electron chi connectivity index (χ0n) is 18.1. The summed E-state index contributed by atoms with van der Waals surface area (Å²) in [6.45, 7) is 3.42. The highest BCUT2D eigenvalue weighted by Crippen LogP contribution is 2.18. The van der Waals surface area contributed by atoms with Crippen LogP contribution in [0.25, 0.3) is 17.2 Å². The Kier molecular flexibility index (Phi) is 5.86. The summed E-state index contributed by atoms with van der Waals surface area (Å²) in [5, 5.41) is 7.17. The number of amides is 2. The average Bonchev–Trinajstić information content (AvgIpc) is 3.13. The van der Waals surface area contributed by atoms with Gasteiger partial charge in [0.2, 0.25) is 17.8 Å². The van der Waals surface area contributed by atoms with Gasteiger partial charge in [-0.3, -0.25) is 19.0 Å². The molecule has 0 bridgehead atoms. The minimum Gasteiger partial charge on any atom is -0.366 e. The lowest BCUT2D eigenvalue weighted by Crippen LogP contribution is -2.31. The highest BCUT2D eigenvalue weighted by molar-refractivity contribution is 5.94. The van der Waals surface area contributed by atoms with Crippen LogP contribution in [0.4, 0.5) is 5.69 Å². The quantitative estimate of drug-likeness (QED) is 0.475. The number of nitrogens with one attached hydrogen (secondary N) is 1. The summed E-state index contributed by atoms with van der Waals surface area (Å²) in [6, 6.07) is 18.8. The number of primary amides is 1. The Labute approximate surface area is 189 Å². The molecule has 0 aliphatic heterocycles. The molecule has 9 nitrogen and oxygen atoms in total. The molecule has 0 saturated carbocycles. The third-order valence-corrected chi connectivity index (χ3v) is 5.01. The number of rotatable bonds is 6. The Morgan fingerprint density at radius 3 is 2.30 bits per heavy atom. The van der Waals surface area contributed by atoms with Crippen LogP contribution >= 0.6 is 0 Å². The molecule has 0 radical (unpaired) electrons. The smallest absolute Gasteiger partial charge is 0.256 e. The van der Waals surface area contributed by atoms with Gasteiger partial charge in [0, 0.05) is 28.6 Å². The van der Waals surface area contributed by atoms with Gasteiger partial charge >= 0.3 is 0 Å². The van der Waals surface area contributed by atoms with Crippen LogP contribution in [0.1, 0.15) is 21.7 Å². The highest BCUT2D eigenvalue weighted by atomic mass is 16.2. The van der Waals surface area contributed by atoms with Gasteiger partial charge in [0.05, 0.1) is 11.4 Å². The summed E-state index contributed by atoms with van der Waals surface area (Å²) in [4.78, 5) is 41.7. The third-order valence-electron chi connectivity index (χ3n) is 5.01. The molecule has 0 fully saturated rings. The SMILES string of the molecule is Cc1cc(C)n(-c2nc(-c3ccccc3)cc(=O)n2CC(=O)Nc2ccc(C(N)=O)cc2)n1. The second kappa shape index (κ2) is 8.91. The normalized spacial score (nSPS) is 10.7. The number of carbonyl (C=O) groups is 2. The predicted molar refractivity (Wildman–Crippen MR) is 124 cm³/mol. The molecule has 4 aromatic rings. The second-order valence-electron chi connectivity index (χ2n) is 7.56. The maximum atomic E-state index is 13.1. The van der Waals surface area contributed by atoms with Crippen molar-refractivity contribution in [3.8, 4) is 17.2 Å². The molecule has 0 unspecified atom stereocenters. The minimum atomic E-state index is -0.557. The maximum absolute atomic E-state index is 13.1. The Morgan fingerprint density at radius 2 is 1.70 bits per heavy atom. The van der Waals surface area contributed by atoms with Crippen molar-refractivity contribution in [1.82, 2.24) is 19.3 Å². The number of carbonyl (C=O) groups excluding carboxylic acids is 2.